The highest BCUT2D eigenvalue weighted by molar-refractivity contribution is 7.99. The number of anilines is 2. The first-order valence-corrected chi connectivity index (χ1v) is 11.4. The van der Waals surface area contributed by atoms with Crippen molar-refractivity contribution in [3.8, 4) is 0 Å². The molecule has 1 aliphatic rings. The van der Waals surface area contributed by atoms with Crippen molar-refractivity contribution in [3.05, 3.63) is 53.3 Å². The van der Waals surface area contributed by atoms with Crippen LogP contribution < -0.4 is 10.2 Å². The quantitative estimate of drug-likeness (QED) is 0.631. The van der Waals surface area contributed by atoms with Crippen molar-refractivity contribution >= 4 is 57.9 Å². The summed E-state index contributed by atoms with van der Waals surface area (Å²) in [4.78, 5) is 19.6. The van der Waals surface area contributed by atoms with Crippen molar-refractivity contribution in [1.82, 2.24) is 9.38 Å². The molecule has 8 heteroatoms. The number of aromatic nitrogens is 2. The minimum atomic E-state index is -0.239. The van der Waals surface area contributed by atoms with Gasteiger partial charge in [0.25, 0.3) is 5.91 Å². The Balaban J connectivity index is 1.57. The van der Waals surface area contributed by atoms with Gasteiger partial charge < -0.3 is 10.2 Å². The maximum absolute atomic E-state index is 12.8. The van der Waals surface area contributed by atoms with Gasteiger partial charge in [0, 0.05) is 36.5 Å². The average molecular weight is 419 g/mol. The van der Waals surface area contributed by atoms with E-state index >= 15 is 0 Å². The summed E-state index contributed by atoms with van der Waals surface area (Å²) in [5.41, 5.74) is 2.89. The summed E-state index contributed by atoms with van der Waals surface area (Å²) >= 11 is 9.96. The normalized spacial score (nSPS) is 14.5. The number of fused-ring (bicyclic) bond motifs is 1. The largest absolute Gasteiger partial charge is 0.369 e. The standard InChI is InChI=1S/C19H19ClN4OS2/c1-26-19-22-17(16-4-2-3-7-24(16)19)18(25)21-13-5-6-15(14(20)12-13)23-8-10-27-11-9-23/h2-7,12H,8-11H2,1H3,(H,21,25). The van der Waals surface area contributed by atoms with Crippen molar-refractivity contribution in [2.45, 2.75) is 5.16 Å². The molecule has 2 aromatic heterocycles. The highest BCUT2D eigenvalue weighted by Crippen LogP contribution is 2.31. The molecule has 140 valence electrons. The zero-order chi connectivity index (χ0) is 18.8. The van der Waals surface area contributed by atoms with Crippen LogP contribution in [0.3, 0.4) is 0 Å². The number of pyridine rings is 1. The first kappa shape index (κ1) is 18.5. The van der Waals surface area contributed by atoms with E-state index in [1.807, 2.05) is 65.0 Å². The number of benzene rings is 1. The van der Waals surface area contributed by atoms with Crippen LogP contribution >= 0.6 is 35.1 Å². The third-order valence-electron chi connectivity index (χ3n) is 4.47. The lowest BCUT2D eigenvalue weighted by Crippen LogP contribution is -2.32. The number of hydrogen-bond acceptors (Lipinski definition) is 5. The molecule has 0 spiro atoms. The summed E-state index contributed by atoms with van der Waals surface area (Å²) < 4.78 is 1.92. The molecule has 27 heavy (non-hydrogen) atoms. The monoisotopic (exact) mass is 418 g/mol. The molecule has 1 saturated heterocycles. The van der Waals surface area contributed by atoms with Crippen LogP contribution in [0.25, 0.3) is 5.52 Å². The van der Waals surface area contributed by atoms with E-state index in [9.17, 15) is 4.79 Å². The topological polar surface area (TPSA) is 49.6 Å². The molecule has 0 radical (unpaired) electrons. The van der Waals surface area contributed by atoms with Gasteiger partial charge in [-0.05, 0) is 36.6 Å². The third-order valence-corrected chi connectivity index (χ3v) is 6.37. The van der Waals surface area contributed by atoms with E-state index < -0.39 is 0 Å². The van der Waals surface area contributed by atoms with E-state index in [0.717, 1.165) is 41.0 Å². The van der Waals surface area contributed by atoms with Gasteiger partial charge in [-0.3, -0.25) is 9.20 Å². The van der Waals surface area contributed by atoms with Gasteiger partial charge in [0.05, 0.1) is 16.2 Å². The zero-order valence-electron chi connectivity index (χ0n) is 14.8. The molecule has 0 saturated carbocycles. The van der Waals surface area contributed by atoms with Gasteiger partial charge >= 0.3 is 0 Å². The summed E-state index contributed by atoms with van der Waals surface area (Å²) in [5.74, 6) is 1.98. The third kappa shape index (κ3) is 3.77. The van der Waals surface area contributed by atoms with Crippen molar-refractivity contribution in [2.24, 2.45) is 0 Å². The average Bonchev–Trinajstić information content (AvgIpc) is 3.08. The molecule has 0 aliphatic carbocycles. The summed E-state index contributed by atoms with van der Waals surface area (Å²) in [5, 5.41) is 4.36. The summed E-state index contributed by atoms with van der Waals surface area (Å²) in [6, 6.07) is 11.4. The molecule has 1 fully saturated rings. The SMILES string of the molecule is CSc1nc(C(=O)Nc2ccc(N3CCSCC3)c(Cl)c2)c2ccccn12. The van der Waals surface area contributed by atoms with Gasteiger partial charge in [-0.1, -0.05) is 29.4 Å². The lowest BCUT2D eigenvalue weighted by Gasteiger charge is -2.29. The van der Waals surface area contributed by atoms with Gasteiger partial charge in [-0.2, -0.15) is 11.8 Å². The first-order valence-electron chi connectivity index (χ1n) is 8.62. The molecule has 5 nitrogen and oxygen atoms in total. The van der Waals surface area contributed by atoms with Gasteiger partial charge in [0.2, 0.25) is 0 Å². The van der Waals surface area contributed by atoms with Crippen LogP contribution in [-0.4, -0.2) is 46.1 Å². The number of hydrogen-bond donors (Lipinski definition) is 1. The second-order valence-electron chi connectivity index (χ2n) is 6.12. The van der Waals surface area contributed by atoms with Crippen LogP contribution in [-0.2, 0) is 0 Å². The van der Waals surface area contributed by atoms with Crippen molar-refractivity contribution < 1.29 is 4.79 Å². The second kappa shape index (κ2) is 8.04. The van der Waals surface area contributed by atoms with Gasteiger partial charge in [-0.15, -0.1) is 0 Å². The van der Waals surface area contributed by atoms with Crippen molar-refractivity contribution in [2.75, 3.05) is 41.1 Å². The molecule has 3 aromatic rings. The van der Waals surface area contributed by atoms with Gasteiger partial charge in [0.1, 0.15) is 0 Å². The number of carbonyl (C=O) groups excluding carboxylic acids is 1. The van der Waals surface area contributed by atoms with E-state index in [-0.39, 0.29) is 5.91 Å². The Bertz CT molecular complexity index is 985. The van der Waals surface area contributed by atoms with E-state index in [2.05, 4.69) is 15.2 Å². The van der Waals surface area contributed by atoms with Crippen LogP contribution in [0.1, 0.15) is 10.5 Å². The molecule has 0 bridgehead atoms. The molecule has 4 rings (SSSR count). The Morgan fingerprint density at radius 3 is 2.81 bits per heavy atom. The Morgan fingerprint density at radius 1 is 1.26 bits per heavy atom. The molecule has 3 heterocycles. The van der Waals surface area contributed by atoms with E-state index in [4.69, 9.17) is 11.6 Å². The minimum absolute atomic E-state index is 0.239. The number of rotatable bonds is 4. The molecule has 0 unspecified atom stereocenters. The lowest BCUT2D eigenvalue weighted by atomic mass is 10.2. The molecule has 1 aromatic carbocycles. The van der Waals surface area contributed by atoms with E-state index in [0.29, 0.717) is 16.4 Å². The number of carbonyl (C=O) groups is 1. The number of halogens is 1. The van der Waals surface area contributed by atoms with Gasteiger partial charge in [-0.25, -0.2) is 4.98 Å². The summed E-state index contributed by atoms with van der Waals surface area (Å²) in [6.07, 6.45) is 3.86. The van der Waals surface area contributed by atoms with Crippen LogP contribution in [0.15, 0.2) is 47.8 Å². The van der Waals surface area contributed by atoms with Crippen molar-refractivity contribution in [1.29, 1.82) is 0 Å². The smallest absolute Gasteiger partial charge is 0.276 e. The lowest BCUT2D eigenvalue weighted by molar-refractivity contribution is 0.102. The van der Waals surface area contributed by atoms with E-state index in [1.165, 1.54) is 11.8 Å². The Kier molecular flexibility index (Phi) is 5.52. The number of nitrogens with zero attached hydrogens (tertiary/aromatic N) is 3. The summed E-state index contributed by atoms with van der Waals surface area (Å²) in [7, 11) is 0. The van der Waals surface area contributed by atoms with Crippen molar-refractivity contribution in [3.63, 3.8) is 0 Å². The van der Waals surface area contributed by atoms with Crippen LogP contribution in [0.2, 0.25) is 5.02 Å². The minimum Gasteiger partial charge on any atom is -0.369 e. The second-order valence-corrected chi connectivity index (χ2v) is 8.53. The molecule has 1 aliphatic heterocycles. The fraction of sp³-hybridized carbons (Fsp3) is 0.263. The van der Waals surface area contributed by atoms with E-state index in [1.54, 1.807) is 0 Å². The first-order chi connectivity index (χ1) is 13.2. The number of nitrogens with one attached hydrogen (secondary N) is 1. The maximum Gasteiger partial charge on any atom is 0.276 e. The van der Waals surface area contributed by atoms with Crippen LogP contribution in [0.4, 0.5) is 11.4 Å². The maximum atomic E-state index is 12.8. The fourth-order valence-electron chi connectivity index (χ4n) is 3.16. The Morgan fingerprint density at radius 2 is 2.07 bits per heavy atom. The molecular formula is C19H19ClN4OS2. The summed E-state index contributed by atoms with van der Waals surface area (Å²) in [6.45, 7) is 1.99. The molecule has 0 atom stereocenters. The highest BCUT2D eigenvalue weighted by atomic mass is 35.5. The predicted octanol–water partition coefficient (Wildman–Crippen LogP) is 4.52. The van der Waals surface area contributed by atoms with Crippen LogP contribution in [0, 0.1) is 0 Å². The Labute approximate surface area is 171 Å². The molecule has 1 amide bonds. The number of thioether (sulfide) groups is 2. The predicted molar refractivity (Wildman–Crippen MR) is 116 cm³/mol. The number of imidazole rings is 1. The fourth-order valence-corrected chi connectivity index (χ4v) is 4.90. The van der Waals surface area contributed by atoms with Gasteiger partial charge in [0.15, 0.2) is 10.9 Å². The Hall–Kier alpha value is -1.83. The van der Waals surface area contributed by atoms with Crippen LogP contribution in [0.5, 0.6) is 0 Å². The highest BCUT2D eigenvalue weighted by Gasteiger charge is 2.18. The zero-order valence-corrected chi connectivity index (χ0v) is 17.2. The molecule has 1 N–H and O–H groups in total. The molecular weight excluding hydrogens is 400 g/mol. The number of amides is 1.